The van der Waals surface area contributed by atoms with Crippen molar-refractivity contribution in [1.29, 1.82) is 0 Å². The molecule has 66 valence electrons. The minimum absolute atomic E-state index is 0.222. The van der Waals surface area contributed by atoms with Gasteiger partial charge in [-0.3, -0.25) is 4.99 Å². The zero-order valence-electron chi connectivity index (χ0n) is 8.31. The minimum atomic E-state index is 0.222. The molecule has 0 saturated heterocycles. The van der Waals surface area contributed by atoms with E-state index in [1.54, 1.807) is 0 Å². The summed E-state index contributed by atoms with van der Waals surface area (Å²) in [6, 6.07) is 0.308. The summed E-state index contributed by atoms with van der Waals surface area (Å²) in [5.41, 5.74) is 5.84. The van der Waals surface area contributed by atoms with Crippen molar-refractivity contribution in [3.8, 4) is 0 Å². The largest absolute Gasteiger partial charge is 0.387 e. The predicted molar refractivity (Wildman–Crippen MR) is 50.8 cm³/mol. The van der Waals surface area contributed by atoms with Crippen LogP contribution in [0.15, 0.2) is 4.99 Å². The second-order valence-electron chi connectivity index (χ2n) is 4.02. The van der Waals surface area contributed by atoms with E-state index >= 15 is 0 Å². The third-order valence-corrected chi connectivity index (χ3v) is 1.98. The number of hydrogen-bond acceptors (Lipinski definition) is 1. The van der Waals surface area contributed by atoms with Crippen LogP contribution in [-0.2, 0) is 0 Å². The molecule has 1 atom stereocenters. The Morgan fingerprint density at radius 1 is 1.45 bits per heavy atom. The number of nitrogens with two attached hydrogens (primary N) is 1. The van der Waals surface area contributed by atoms with E-state index in [1.807, 2.05) is 6.92 Å². The monoisotopic (exact) mass is 156 g/mol. The van der Waals surface area contributed by atoms with E-state index in [1.165, 1.54) is 0 Å². The van der Waals surface area contributed by atoms with Crippen LogP contribution in [0.3, 0.4) is 0 Å². The number of amidine groups is 1. The third-order valence-electron chi connectivity index (χ3n) is 1.98. The van der Waals surface area contributed by atoms with E-state index < -0.39 is 0 Å². The molecule has 11 heavy (non-hydrogen) atoms. The Labute approximate surface area is 69.9 Å². The van der Waals surface area contributed by atoms with Crippen LogP contribution in [0.2, 0.25) is 0 Å². The first kappa shape index (κ1) is 10.5. The van der Waals surface area contributed by atoms with Gasteiger partial charge < -0.3 is 5.73 Å². The molecule has 0 aromatic carbocycles. The van der Waals surface area contributed by atoms with Crippen molar-refractivity contribution in [2.45, 2.75) is 47.1 Å². The van der Waals surface area contributed by atoms with Crippen LogP contribution in [0, 0.1) is 5.41 Å². The molecule has 2 heteroatoms. The third kappa shape index (κ3) is 4.02. The van der Waals surface area contributed by atoms with Gasteiger partial charge >= 0.3 is 0 Å². The molecular formula is C9H20N2. The Balaban J connectivity index is 4.17. The number of hydrogen-bond donors (Lipinski definition) is 1. The highest BCUT2D eigenvalue weighted by Gasteiger charge is 2.18. The average molecular weight is 156 g/mol. The highest BCUT2D eigenvalue weighted by molar-refractivity contribution is 5.80. The van der Waals surface area contributed by atoms with Crippen LogP contribution in [0.5, 0.6) is 0 Å². The van der Waals surface area contributed by atoms with Crippen LogP contribution >= 0.6 is 0 Å². The molecule has 0 saturated carbocycles. The van der Waals surface area contributed by atoms with Gasteiger partial charge in [0.1, 0.15) is 0 Å². The van der Waals surface area contributed by atoms with Gasteiger partial charge in [-0.2, -0.15) is 0 Å². The number of rotatable bonds is 2. The highest BCUT2D eigenvalue weighted by Crippen LogP contribution is 2.21. The van der Waals surface area contributed by atoms with Gasteiger partial charge in [0.2, 0.25) is 0 Å². The van der Waals surface area contributed by atoms with Crippen molar-refractivity contribution >= 4 is 5.84 Å². The van der Waals surface area contributed by atoms with Gasteiger partial charge in [-0.1, -0.05) is 27.7 Å². The van der Waals surface area contributed by atoms with Crippen molar-refractivity contribution in [2.75, 3.05) is 0 Å². The molecule has 0 aliphatic heterocycles. The molecule has 2 N–H and O–H groups in total. The lowest BCUT2D eigenvalue weighted by atomic mass is 9.88. The first-order valence-electron chi connectivity index (χ1n) is 4.20. The summed E-state index contributed by atoms with van der Waals surface area (Å²) in [6.07, 6.45) is 0.848. The van der Waals surface area contributed by atoms with Gasteiger partial charge in [-0.15, -0.1) is 0 Å². The fourth-order valence-electron chi connectivity index (χ4n) is 0.534. The van der Waals surface area contributed by atoms with Gasteiger partial charge in [-0.25, -0.2) is 0 Å². The molecule has 0 rings (SSSR count). The summed E-state index contributed by atoms with van der Waals surface area (Å²) >= 11 is 0. The molecule has 0 amide bonds. The summed E-state index contributed by atoms with van der Waals surface area (Å²) in [7, 11) is 0. The van der Waals surface area contributed by atoms with Gasteiger partial charge in [0.05, 0.1) is 11.9 Å². The first-order valence-corrected chi connectivity index (χ1v) is 4.20. The Morgan fingerprint density at radius 2 is 1.91 bits per heavy atom. The van der Waals surface area contributed by atoms with E-state index in [-0.39, 0.29) is 5.41 Å². The van der Waals surface area contributed by atoms with Crippen molar-refractivity contribution < 1.29 is 0 Å². The molecule has 0 fully saturated rings. The standard InChI is InChI=1S/C9H20N2/c1-6-8(10)11-7(2)9(3,4)5/h7H,6H2,1-5H3,(H2,10,11). The van der Waals surface area contributed by atoms with Gasteiger partial charge in [-0.05, 0) is 12.3 Å². The van der Waals surface area contributed by atoms with Crippen LogP contribution in [0.25, 0.3) is 0 Å². The topological polar surface area (TPSA) is 38.4 Å². The smallest absolute Gasteiger partial charge is 0.0937 e. The molecule has 0 aromatic rings. The van der Waals surface area contributed by atoms with Crippen LogP contribution < -0.4 is 5.73 Å². The summed E-state index contributed by atoms with van der Waals surface area (Å²) in [4.78, 5) is 4.36. The zero-order valence-corrected chi connectivity index (χ0v) is 8.31. The van der Waals surface area contributed by atoms with E-state index in [0.29, 0.717) is 6.04 Å². The van der Waals surface area contributed by atoms with Gasteiger partial charge in [0, 0.05) is 6.42 Å². The summed E-state index contributed by atoms with van der Waals surface area (Å²) < 4.78 is 0. The Bertz CT molecular complexity index is 142. The van der Waals surface area contributed by atoms with Crippen molar-refractivity contribution in [3.05, 3.63) is 0 Å². The van der Waals surface area contributed by atoms with E-state index in [9.17, 15) is 0 Å². The summed E-state index contributed by atoms with van der Waals surface area (Å²) in [5, 5.41) is 0. The quantitative estimate of drug-likeness (QED) is 0.483. The lowest BCUT2D eigenvalue weighted by Gasteiger charge is -2.23. The fourth-order valence-corrected chi connectivity index (χ4v) is 0.534. The fraction of sp³-hybridized carbons (Fsp3) is 0.889. The molecule has 0 heterocycles. The number of aliphatic imine (C=N–C) groups is 1. The normalized spacial score (nSPS) is 16.6. The van der Waals surface area contributed by atoms with Crippen LogP contribution in [-0.4, -0.2) is 11.9 Å². The summed E-state index contributed by atoms with van der Waals surface area (Å²) in [5.74, 6) is 0.757. The molecule has 0 spiro atoms. The lowest BCUT2D eigenvalue weighted by molar-refractivity contribution is 0.341. The molecule has 0 radical (unpaired) electrons. The van der Waals surface area contributed by atoms with Crippen molar-refractivity contribution in [1.82, 2.24) is 0 Å². The molecule has 1 unspecified atom stereocenters. The Kier molecular flexibility index (Phi) is 3.56. The SMILES string of the molecule is CCC(N)=NC(C)C(C)(C)C. The van der Waals surface area contributed by atoms with Crippen LogP contribution in [0.4, 0.5) is 0 Å². The van der Waals surface area contributed by atoms with Crippen LogP contribution in [0.1, 0.15) is 41.0 Å². The number of nitrogens with zero attached hydrogens (tertiary/aromatic N) is 1. The maximum absolute atomic E-state index is 5.62. The molecule has 0 aromatic heterocycles. The Morgan fingerprint density at radius 3 is 2.18 bits per heavy atom. The molecule has 2 nitrogen and oxygen atoms in total. The molecule has 0 aliphatic rings. The van der Waals surface area contributed by atoms with Crippen molar-refractivity contribution in [2.24, 2.45) is 16.1 Å². The predicted octanol–water partition coefficient (Wildman–Crippen LogP) is 2.19. The molecular weight excluding hydrogens is 136 g/mol. The maximum Gasteiger partial charge on any atom is 0.0937 e. The average Bonchev–Trinajstić information content (AvgIpc) is 1.85. The highest BCUT2D eigenvalue weighted by atomic mass is 14.9. The van der Waals surface area contributed by atoms with Crippen molar-refractivity contribution in [3.63, 3.8) is 0 Å². The van der Waals surface area contributed by atoms with E-state index in [4.69, 9.17) is 5.73 Å². The van der Waals surface area contributed by atoms with E-state index in [0.717, 1.165) is 12.3 Å². The lowest BCUT2D eigenvalue weighted by Crippen LogP contribution is -2.24. The molecule has 0 aliphatic carbocycles. The molecule has 0 bridgehead atoms. The Hall–Kier alpha value is -0.530. The van der Waals surface area contributed by atoms with Gasteiger partial charge in [0.25, 0.3) is 0 Å². The van der Waals surface area contributed by atoms with E-state index in [2.05, 4.69) is 32.7 Å². The second-order valence-corrected chi connectivity index (χ2v) is 4.02. The zero-order chi connectivity index (χ0) is 9.07. The first-order chi connectivity index (χ1) is 4.88. The minimum Gasteiger partial charge on any atom is -0.387 e. The maximum atomic E-state index is 5.62. The second kappa shape index (κ2) is 3.74. The summed E-state index contributed by atoms with van der Waals surface area (Å²) in [6.45, 7) is 10.6. The van der Waals surface area contributed by atoms with Gasteiger partial charge in [0.15, 0.2) is 0 Å².